The number of halogens is 3. The Kier molecular flexibility index (Phi) is 5.82. The maximum absolute atomic E-state index is 12.8. The molecule has 0 N–H and O–H groups in total. The van der Waals surface area contributed by atoms with Crippen molar-refractivity contribution >= 4 is 16.6 Å². The maximum atomic E-state index is 12.8. The van der Waals surface area contributed by atoms with E-state index in [9.17, 15) is 18.0 Å². The van der Waals surface area contributed by atoms with Crippen molar-refractivity contribution < 1.29 is 18.0 Å². The zero-order chi connectivity index (χ0) is 20.0. The molecule has 3 rings (SSSR count). The quantitative estimate of drug-likeness (QED) is 0.552. The van der Waals surface area contributed by atoms with E-state index in [-0.39, 0.29) is 0 Å². The highest BCUT2D eigenvalue weighted by atomic mass is 19.4. The number of hydrogen-bond acceptors (Lipinski definition) is 1. The molecule has 0 bridgehead atoms. The van der Waals surface area contributed by atoms with Crippen molar-refractivity contribution in [2.75, 3.05) is 0 Å². The summed E-state index contributed by atoms with van der Waals surface area (Å²) in [7, 11) is 0. The summed E-state index contributed by atoms with van der Waals surface area (Å²) in [4.78, 5) is 11.5. The normalized spacial score (nSPS) is 11.7. The first-order chi connectivity index (χ1) is 13.4. The summed E-state index contributed by atoms with van der Waals surface area (Å²) in [6.07, 6.45) is -5.62. The summed E-state index contributed by atoms with van der Waals surface area (Å²) in [5.74, 6) is 8.14. The molecule has 1 atom stereocenters. The summed E-state index contributed by atoms with van der Waals surface area (Å²) in [6, 6.07) is 21.9. The predicted octanol–water partition coefficient (Wildman–Crippen LogP) is 5.50. The molecule has 0 spiro atoms. The van der Waals surface area contributed by atoms with Crippen LogP contribution in [0.1, 0.15) is 23.5 Å². The summed E-state index contributed by atoms with van der Waals surface area (Å²) in [5.41, 5.74) is 1.32. The number of hydrogen-bond donors (Lipinski definition) is 0. The van der Waals surface area contributed by atoms with Gasteiger partial charge in [0.25, 0.3) is 0 Å². The maximum Gasteiger partial charge on any atom is 0.450 e. The molecule has 0 aliphatic carbocycles. The zero-order valence-corrected chi connectivity index (χ0v) is 14.8. The molecule has 3 aromatic carbocycles. The first-order valence-corrected chi connectivity index (χ1v) is 8.59. The second kappa shape index (κ2) is 8.46. The molecule has 0 aliphatic heterocycles. The Bertz CT molecular complexity index is 1110. The fourth-order valence-electron chi connectivity index (χ4n) is 2.73. The molecular formula is C24H15F3O. The van der Waals surface area contributed by atoms with Gasteiger partial charge in [0.05, 0.1) is 5.92 Å². The number of alkyl halides is 3. The molecule has 3 aromatic rings. The molecule has 28 heavy (non-hydrogen) atoms. The van der Waals surface area contributed by atoms with Crippen molar-refractivity contribution in [1.29, 1.82) is 0 Å². The van der Waals surface area contributed by atoms with Crippen LogP contribution >= 0.6 is 0 Å². The Morgan fingerprint density at radius 1 is 0.857 bits per heavy atom. The lowest BCUT2D eigenvalue weighted by Gasteiger charge is -2.13. The molecule has 0 fully saturated rings. The number of fused-ring (bicyclic) bond motifs is 1. The Balaban J connectivity index is 1.92. The van der Waals surface area contributed by atoms with Crippen LogP contribution in [0.3, 0.4) is 0 Å². The predicted molar refractivity (Wildman–Crippen MR) is 103 cm³/mol. The fourth-order valence-corrected chi connectivity index (χ4v) is 2.73. The van der Waals surface area contributed by atoms with Crippen LogP contribution in [0, 0.1) is 23.7 Å². The van der Waals surface area contributed by atoms with Crippen LogP contribution in [0.5, 0.6) is 0 Å². The largest absolute Gasteiger partial charge is 0.450 e. The molecule has 1 unspecified atom stereocenters. The number of carbonyl (C=O) groups excluding carboxylic acids is 1. The van der Waals surface area contributed by atoms with Crippen LogP contribution in [0.4, 0.5) is 13.2 Å². The molecule has 0 aliphatic rings. The summed E-state index contributed by atoms with van der Waals surface area (Å²) >= 11 is 0. The van der Waals surface area contributed by atoms with E-state index in [2.05, 4.69) is 23.7 Å². The molecule has 4 heteroatoms. The highest BCUT2D eigenvalue weighted by Gasteiger charge is 2.39. The number of rotatable bonds is 3. The first kappa shape index (κ1) is 19.3. The van der Waals surface area contributed by atoms with E-state index in [0.29, 0.717) is 5.56 Å². The van der Waals surface area contributed by atoms with Gasteiger partial charge in [-0.3, -0.25) is 4.79 Å². The lowest BCUT2D eigenvalue weighted by molar-refractivity contribution is -0.171. The average Bonchev–Trinajstić information content (AvgIpc) is 2.70. The lowest BCUT2D eigenvalue weighted by Crippen LogP contribution is -2.24. The van der Waals surface area contributed by atoms with E-state index in [1.165, 1.54) is 0 Å². The number of ketones is 1. The second-order valence-corrected chi connectivity index (χ2v) is 6.17. The van der Waals surface area contributed by atoms with Crippen LogP contribution in [-0.4, -0.2) is 12.0 Å². The van der Waals surface area contributed by atoms with Crippen molar-refractivity contribution in [3.05, 3.63) is 83.9 Å². The van der Waals surface area contributed by atoms with E-state index in [4.69, 9.17) is 0 Å². The van der Waals surface area contributed by atoms with Crippen molar-refractivity contribution in [2.24, 2.45) is 0 Å². The highest BCUT2D eigenvalue weighted by molar-refractivity contribution is 5.86. The van der Waals surface area contributed by atoms with Gasteiger partial charge >= 0.3 is 6.18 Å². The number of benzene rings is 3. The van der Waals surface area contributed by atoms with Crippen LogP contribution in [0.25, 0.3) is 10.8 Å². The van der Waals surface area contributed by atoms with Gasteiger partial charge in [0.1, 0.15) is 0 Å². The second-order valence-electron chi connectivity index (χ2n) is 6.17. The zero-order valence-electron chi connectivity index (χ0n) is 14.8. The minimum atomic E-state index is -4.88. The molecule has 1 nitrogen and oxygen atoms in total. The minimum Gasteiger partial charge on any atom is -0.290 e. The molecular weight excluding hydrogens is 361 g/mol. The molecule has 0 saturated heterocycles. The Morgan fingerprint density at radius 3 is 2.25 bits per heavy atom. The van der Waals surface area contributed by atoms with Crippen molar-refractivity contribution in [2.45, 2.75) is 18.5 Å². The van der Waals surface area contributed by atoms with Gasteiger partial charge < -0.3 is 0 Å². The number of carbonyl (C=O) groups is 1. The molecule has 138 valence electrons. The van der Waals surface area contributed by atoms with E-state index in [0.717, 1.165) is 16.3 Å². The number of Topliss-reactive ketones (excluding diaryl/α,β-unsaturated/α-hetero) is 1. The van der Waals surface area contributed by atoms with Gasteiger partial charge in [-0.2, -0.15) is 13.2 Å². The van der Waals surface area contributed by atoms with Crippen molar-refractivity contribution in [3.8, 4) is 23.7 Å². The van der Waals surface area contributed by atoms with Crippen LogP contribution in [-0.2, 0) is 4.79 Å². The van der Waals surface area contributed by atoms with Crippen molar-refractivity contribution in [3.63, 3.8) is 0 Å². The SMILES string of the molecule is O=C(CC(C#CC#Cc1ccccc1)c1ccc2ccccc2c1)C(F)(F)F. The van der Waals surface area contributed by atoms with Gasteiger partial charge in [-0.1, -0.05) is 66.4 Å². The van der Waals surface area contributed by atoms with E-state index in [1.54, 1.807) is 12.1 Å². The third-order valence-electron chi connectivity index (χ3n) is 4.17. The van der Waals surface area contributed by atoms with Crippen molar-refractivity contribution in [1.82, 2.24) is 0 Å². The lowest BCUT2D eigenvalue weighted by atomic mass is 9.92. The molecule has 0 heterocycles. The van der Waals surface area contributed by atoms with Crippen LogP contribution < -0.4 is 0 Å². The standard InChI is InChI=1S/C24H15F3O/c25-24(26,27)23(28)17-21(13-5-4-10-18-8-2-1-3-9-18)22-15-14-19-11-6-7-12-20(19)16-22/h1-3,6-9,11-12,14-16,21H,17H2. The molecule has 0 saturated carbocycles. The van der Waals surface area contributed by atoms with E-state index in [1.807, 2.05) is 60.7 Å². The molecule has 0 radical (unpaired) electrons. The Hall–Kier alpha value is -3.50. The Labute approximate surface area is 161 Å². The topological polar surface area (TPSA) is 17.1 Å². The molecule has 0 amide bonds. The van der Waals surface area contributed by atoms with Gasteiger partial charge in [-0.15, -0.1) is 0 Å². The summed E-state index contributed by atoms with van der Waals surface area (Å²) < 4.78 is 38.3. The van der Waals surface area contributed by atoms with E-state index >= 15 is 0 Å². The van der Waals surface area contributed by atoms with Gasteiger partial charge in [0, 0.05) is 12.0 Å². The fraction of sp³-hybridized carbons (Fsp3) is 0.125. The van der Waals surface area contributed by atoms with E-state index < -0.39 is 24.3 Å². The van der Waals surface area contributed by atoms with Gasteiger partial charge in [-0.25, -0.2) is 0 Å². The van der Waals surface area contributed by atoms with Gasteiger partial charge in [-0.05, 0) is 46.4 Å². The first-order valence-electron chi connectivity index (χ1n) is 8.59. The third-order valence-corrected chi connectivity index (χ3v) is 4.17. The van der Waals surface area contributed by atoms with Crippen LogP contribution in [0.2, 0.25) is 0 Å². The summed E-state index contributed by atoms with van der Waals surface area (Å²) in [5, 5.41) is 1.84. The van der Waals surface area contributed by atoms with Gasteiger partial charge in [0.15, 0.2) is 0 Å². The van der Waals surface area contributed by atoms with Gasteiger partial charge in [0.2, 0.25) is 5.78 Å². The third kappa shape index (κ3) is 5.02. The smallest absolute Gasteiger partial charge is 0.290 e. The minimum absolute atomic E-state index is 0.560. The Morgan fingerprint density at radius 2 is 1.54 bits per heavy atom. The molecule has 0 aromatic heterocycles. The monoisotopic (exact) mass is 376 g/mol. The van der Waals surface area contributed by atoms with Crippen LogP contribution in [0.15, 0.2) is 72.8 Å². The average molecular weight is 376 g/mol. The highest BCUT2D eigenvalue weighted by Crippen LogP contribution is 2.28. The summed E-state index contributed by atoms with van der Waals surface area (Å²) in [6.45, 7) is 0.